The molecule has 2 aliphatic heterocycles. The van der Waals surface area contributed by atoms with Gasteiger partial charge in [0.2, 0.25) is 17.8 Å². The Balaban J connectivity index is 0.849. The summed E-state index contributed by atoms with van der Waals surface area (Å²) >= 11 is 0. The van der Waals surface area contributed by atoms with Crippen LogP contribution in [0.2, 0.25) is 0 Å². The van der Waals surface area contributed by atoms with E-state index in [0.717, 1.165) is 74.2 Å². The molecule has 7 rings (SSSR count). The molecular weight excluding hydrogens is 732 g/mol. The summed E-state index contributed by atoms with van der Waals surface area (Å²) in [5.74, 6) is 4.62. The SMILES string of the molecule is Cn1c(=O)n(C2CCC(=O)NC2=O)c2cccc(CCCOC3CCN(Cc4ccc(C#Cc5cc(NC(=O)Nc6cc(F)ncc6CO)ccn5)cc4)CC3)c21. The first-order valence-corrected chi connectivity index (χ1v) is 18.9. The maximum atomic E-state index is 13.5. The number of nitrogens with one attached hydrogen (secondary N) is 3. The van der Waals surface area contributed by atoms with E-state index in [0.29, 0.717) is 29.9 Å². The van der Waals surface area contributed by atoms with Gasteiger partial charge in [0.25, 0.3) is 0 Å². The molecule has 294 valence electrons. The molecule has 1 atom stereocenters. The molecule has 2 aliphatic rings. The minimum absolute atomic E-state index is 0.118. The van der Waals surface area contributed by atoms with E-state index in [1.807, 2.05) is 30.3 Å². The van der Waals surface area contributed by atoms with Gasteiger partial charge in [0, 0.05) is 75.0 Å². The third-order valence-corrected chi connectivity index (χ3v) is 10.3. The quantitative estimate of drug-likeness (QED) is 0.0657. The van der Waals surface area contributed by atoms with Crippen molar-refractivity contribution in [2.45, 2.75) is 63.8 Å². The zero-order valence-electron chi connectivity index (χ0n) is 31.5. The summed E-state index contributed by atoms with van der Waals surface area (Å²) in [5, 5.41) is 17.0. The van der Waals surface area contributed by atoms with Crippen molar-refractivity contribution in [1.29, 1.82) is 0 Å². The van der Waals surface area contributed by atoms with Crippen molar-refractivity contribution >= 4 is 40.3 Å². The second-order valence-electron chi connectivity index (χ2n) is 14.2. The first-order chi connectivity index (χ1) is 27.6. The number of piperidine rings is 2. The average molecular weight is 775 g/mol. The van der Waals surface area contributed by atoms with Crippen LogP contribution in [0.1, 0.15) is 66.1 Å². The van der Waals surface area contributed by atoms with Crippen LogP contribution in [-0.4, -0.2) is 72.8 Å². The van der Waals surface area contributed by atoms with Crippen LogP contribution >= 0.6 is 0 Å². The van der Waals surface area contributed by atoms with Gasteiger partial charge in [0.1, 0.15) is 11.7 Å². The Labute approximate surface area is 328 Å². The number of anilines is 2. The lowest BCUT2D eigenvalue weighted by atomic mass is 10.0. The number of amides is 4. The fourth-order valence-electron chi connectivity index (χ4n) is 7.35. The molecule has 1 unspecified atom stereocenters. The maximum absolute atomic E-state index is 13.5. The predicted octanol–water partition coefficient (Wildman–Crippen LogP) is 4.40. The zero-order valence-corrected chi connectivity index (χ0v) is 31.5. The lowest BCUT2D eigenvalue weighted by molar-refractivity contribution is -0.135. The van der Waals surface area contributed by atoms with Gasteiger partial charge in [-0.05, 0) is 79.5 Å². The number of nitrogens with zero attached hydrogens (tertiary/aromatic N) is 5. The summed E-state index contributed by atoms with van der Waals surface area (Å²) in [5.41, 5.74) is 5.57. The van der Waals surface area contributed by atoms with Gasteiger partial charge in [-0.15, -0.1) is 0 Å². The predicted molar refractivity (Wildman–Crippen MR) is 211 cm³/mol. The lowest BCUT2D eigenvalue weighted by Gasteiger charge is -2.32. The van der Waals surface area contributed by atoms with Gasteiger partial charge in [-0.2, -0.15) is 4.39 Å². The molecule has 0 radical (unpaired) electrons. The number of benzene rings is 2. The van der Waals surface area contributed by atoms with Crippen LogP contribution in [-0.2, 0) is 40.9 Å². The number of halogens is 1. The summed E-state index contributed by atoms with van der Waals surface area (Å²) in [4.78, 5) is 60.2. The summed E-state index contributed by atoms with van der Waals surface area (Å²) in [6.45, 7) is 2.88. The van der Waals surface area contributed by atoms with E-state index in [1.54, 1.807) is 23.7 Å². The Kier molecular flexibility index (Phi) is 12.1. The van der Waals surface area contributed by atoms with Crippen LogP contribution in [0.4, 0.5) is 20.6 Å². The van der Waals surface area contributed by atoms with Crippen LogP contribution in [0.15, 0.2) is 77.9 Å². The average Bonchev–Trinajstić information content (AvgIpc) is 3.46. The number of fused-ring (bicyclic) bond motifs is 1. The summed E-state index contributed by atoms with van der Waals surface area (Å²) in [6.07, 6.45) is 6.80. The van der Waals surface area contributed by atoms with E-state index in [4.69, 9.17) is 4.74 Å². The fraction of sp³-hybridized carbons (Fsp3) is 0.333. The summed E-state index contributed by atoms with van der Waals surface area (Å²) < 4.78 is 22.9. The number of rotatable bonds is 11. The van der Waals surface area contributed by atoms with Crippen LogP contribution in [0.3, 0.4) is 0 Å². The van der Waals surface area contributed by atoms with Gasteiger partial charge in [0.05, 0.1) is 29.4 Å². The third kappa shape index (κ3) is 9.43. The number of aliphatic hydroxyl groups excluding tert-OH is 1. The minimum Gasteiger partial charge on any atom is -0.392 e. The molecule has 0 spiro atoms. The first-order valence-electron chi connectivity index (χ1n) is 18.9. The minimum atomic E-state index is -0.778. The van der Waals surface area contributed by atoms with Crippen LogP contribution in [0, 0.1) is 17.8 Å². The molecule has 15 heteroatoms. The van der Waals surface area contributed by atoms with Crippen molar-refractivity contribution in [2.24, 2.45) is 7.05 Å². The second kappa shape index (κ2) is 17.7. The number of ether oxygens (including phenoxy) is 1. The topological polar surface area (TPSA) is 173 Å². The van der Waals surface area contributed by atoms with Gasteiger partial charge >= 0.3 is 11.7 Å². The van der Waals surface area contributed by atoms with Crippen molar-refractivity contribution in [3.63, 3.8) is 0 Å². The van der Waals surface area contributed by atoms with E-state index < -0.39 is 30.5 Å². The number of aliphatic hydroxyl groups is 1. The Hall–Kier alpha value is -6.21. The van der Waals surface area contributed by atoms with Gasteiger partial charge in [-0.25, -0.2) is 19.6 Å². The number of hydrogen-bond acceptors (Lipinski definition) is 9. The Bertz CT molecular complexity index is 2410. The van der Waals surface area contributed by atoms with Gasteiger partial charge in [-0.3, -0.25) is 28.9 Å². The molecule has 2 saturated heterocycles. The Morgan fingerprint density at radius 3 is 2.58 bits per heavy atom. The number of hydrogen-bond donors (Lipinski definition) is 4. The second-order valence-corrected chi connectivity index (χ2v) is 14.2. The van der Waals surface area contributed by atoms with E-state index in [-0.39, 0.29) is 35.4 Å². The highest BCUT2D eigenvalue weighted by Crippen LogP contribution is 2.26. The van der Waals surface area contributed by atoms with Crippen LogP contribution in [0.25, 0.3) is 11.0 Å². The number of carbonyl (C=O) groups is 3. The molecule has 4 amide bonds. The molecule has 5 heterocycles. The van der Waals surface area contributed by atoms with Crippen molar-refractivity contribution in [1.82, 2.24) is 29.3 Å². The number of imide groups is 1. The number of likely N-dealkylation sites (tertiary alicyclic amines) is 1. The van der Waals surface area contributed by atoms with Crippen molar-refractivity contribution < 1.29 is 28.6 Å². The van der Waals surface area contributed by atoms with Crippen LogP contribution in [0.5, 0.6) is 0 Å². The monoisotopic (exact) mass is 774 g/mol. The molecular formula is C42H43FN8O6. The smallest absolute Gasteiger partial charge is 0.329 e. The molecule has 4 N–H and O–H groups in total. The highest BCUT2D eigenvalue weighted by molar-refractivity contribution is 6.01. The van der Waals surface area contributed by atoms with Gasteiger partial charge in [-0.1, -0.05) is 30.2 Å². The molecule has 14 nitrogen and oxygen atoms in total. The number of aromatic nitrogens is 4. The van der Waals surface area contributed by atoms with E-state index in [9.17, 15) is 28.7 Å². The fourth-order valence-corrected chi connectivity index (χ4v) is 7.35. The molecule has 2 aromatic carbocycles. The van der Waals surface area contributed by atoms with Crippen LogP contribution < -0.4 is 21.6 Å². The van der Waals surface area contributed by atoms with Crippen molar-refractivity contribution in [3.05, 3.63) is 117 Å². The molecule has 0 saturated carbocycles. The lowest BCUT2D eigenvalue weighted by Crippen LogP contribution is -2.44. The maximum Gasteiger partial charge on any atom is 0.329 e. The Morgan fingerprint density at radius 2 is 1.81 bits per heavy atom. The van der Waals surface area contributed by atoms with Crippen molar-refractivity contribution in [2.75, 3.05) is 30.3 Å². The molecule has 3 aromatic heterocycles. The Morgan fingerprint density at radius 1 is 1.00 bits per heavy atom. The highest BCUT2D eigenvalue weighted by atomic mass is 19.1. The molecule has 57 heavy (non-hydrogen) atoms. The largest absolute Gasteiger partial charge is 0.392 e. The molecule has 2 fully saturated rings. The summed E-state index contributed by atoms with van der Waals surface area (Å²) in [7, 11) is 1.72. The molecule has 0 aliphatic carbocycles. The molecule has 0 bridgehead atoms. The summed E-state index contributed by atoms with van der Waals surface area (Å²) in [6, 6.07) is 16.8. The number of para-hydroxylation sites is 1. The number of urea groups is 1. The standard InChI is InChI=1S/C42H43FN8O6/c1-49-39-29(4-2-6-35(39)51(42(49)56)36-13-14-38(53)48-40(36)54)5-3-21-57-33-16-19-50(20-17-33)25-28-9-7-27(8-10-28)11-12-31-22-32(15-18-44-31)46-41(55)47-34-23-37(43)45-24-30(34)26-52/h2,4,6-10,15,18,22-24,33,36,52H,3,5,13-14,16-17,19-21,25-26H2,1H3,(H,48,53,54)(H2,44,45,46,47,55). The number of aryl methyl sites for hydroxylation is 2. The van der Waals surface area contributed by atoms with Gasteiger partial charge in [0.15, 0.2) is 0 Å². The van der Waals surface area contributed by atoms with E-state index >= 15 is 0 Å². The number of imidazole rings is 1. The number of pyridine rings is 2. The van der Waals surface area contributed by atoms with Gasteiger partial charge < -0.3 is 20.5 Å². The third-order valence-electron chi connectivity index (χ3n) is 10.3. The number of carbonyl (C=O) groups excluding carboxylic acids is 3. The highest BCUT2D eigenvalue weighted by Gasteiger charge is 2.31. The van der Waals surface area contributed by atoms with Crippen molar-refractivity contribution in [3.8, 4) is 11.8 Å². The first kappa shape index (κ1) is 39.0. The van der Waals surface area contributed by atoms with E-state index in [1.165, 1.54) is 16.3 Å². The zero-order chi connectivity index (χ0) is 39.9. The molecule has 5 aromatic rings. The normalized spacial score (nSPS) is 16.2. The van der Waals surface area contributed by atoms with E-state index in [2.05, 4.69) is 54.8 Å².